The molecule has 4 heteroatoms. The first-order valence-corrected chi connectivity index (χ1v) is 6.97. The van der Waals surface area contributed by atoms with Gasteiger partial charge in [-0.25, -0.2) is 0 Å². The minimum Gasteiger partial charge on any atom is -0.392 e. The molecule has 1 aromatic rings. The number of carbonyl (C=O) groups is 1. The Hall–Kier alpha value is -1.00. The van der Waals surface area contributed by atoms with Crippen molar-refractivity contribution >= 4 is 23.4 Å². The highest BCUT2D eigenvalue weighted by Gasteiger charge is 2.21. The van der Waals surface area contributed by atoms with Gasteiger partial charge in [0.1, 0.15) is 0 Å². The van der Waals surface area contributed by atoms with E-state index >= 15 is 0 Å². The summed E-state index contributed by atoms with van der Waals surface area (Å²) in [6.07, 6.45) is 3.33. The predicted octanol–water partition coefficient (Wildman–Crippen LogP) is 2.40. The van der Waals surface area contributed by atoms with Crippen molar-refractivity contribution in [3.63, 3.8) is 0 Å². The van der Waals surface area contributed by atoms with Gasteiger partial charge in [-0.1, -0.05) is 18.6 Å². The quantitative estimate of drug-likeness (QED) is 0.867. The predicted molar refractivity (Wildman–Crippen MR) is 71.1 cm³/mol. The van der Waals surface area contributed by atoms with Gasteiger partial charge in [0.25, 0.3) is 0 Å². The highest BCUT2D eigenvalue weighted by molar-refractivity contribution is 8.00. The van der Waals surface area contributed by atoms with E-state index in [4.69, 9.17) is 5.11 Å². The zero-order valence-corrected chi connectivity index (χ0v) is 10.5. The minimum absolute atomic E-state index is 0.00187. The summed E-state index contributed by atoms with van der Waals surface area (Å²) in [4.78, 5) is 12.0. The molecule has 1 atom stereocenters. The van der Waals surface area contributed by atoms with Crippen LogP contribution in [0.25, 0.3) is 0 Å². The largest absolute Gasteiger partial charge is 0.392 e. The number of nitrogens with one attached hydrogen (secondary N) is 1. The van der Waals surface area contributed by atoms with Crippen LogP contribution in [0, 0.1) is 0 Å². The molecular weight excluding hydrogens is 234 g/mol. The number of aliphatic hydroxyl groups excluding tert-OH is 1. The summed E-state index contributed by atoms with van der Waals surface area (Å²) in [7, 11) is 0. The molecule has 1 fully saturated rings. The molecule has 1 saturated heterocycles. The van der Waals surface area contributed by atoms with Gasteiger partial charge in [-0.05, 0) is 36.3 Å². The van der Waals surface area contributed by atoms with E-state index in [1.807, 2.05) is 24.3 Å². The van der Waals surface area contributed by atoms with E-state index in [1.54, 1.807) is 11.8 Å². The lowest BCUT2D eigenvalue weighted by Crippen LogP contribution is -2.27. The third-order valence-corrected chi connectivity index (χ3v) is 4.23. The molecule has 0 saturated carbocycles. The van der Waals surface area contributed by atoms with Gasteiger partial charge in [0.2, 0.25) is 5.91 Å². The molecule has 0 bridgehead atoms. The third-order valence-electron chi connectivity index (χ3n) is 2.85. The zero-order valence-electron chi connectivity index (χ0n) is 9.69. The molecule has 1 aliphatic rings. The van der Waals surface area contributed by atoms with E-state index in [2.05, 4.69) is 5.32 Å². The van der Waals surface area contributed by atoms with Crippen molar-refractivity contribution in [2.75, 3.05) is 11.1 Å². The highest BCUT2D eigenvalue weighted by atomic mass is 32.2. The van der Waals surface area contributed by atoms with Crippen LogP contribution in [0.15, 0.2) is 24.3 Å². The van der Waals surface area contributed by atoms with Crippen molar-refractivity contribution in [3.05, 3.63) is 29.8 Å². The Balaban J connectivity index is 1.96. The molecule has 1 unspecified atom stereocenters. The molecule has 1 heterocycles. The van der Waals surface area contributed by atoms with Crippen molar-refractivity contribution in [1.82, 2.24) is 0 Å². The molecule has 92 valence electrons. The Morgan fingerprint density at radius 3 is 3.06 bits per heavy atom. The normalized spacial score (nSPS) is 19.9. The third kappa shape index (κ3) is 3.48. The van der Waals surface area contributed by atoms with Gasteiger partial charge in [-0.2, -0.15) is 0 Å². The number of hydrogen-bond acceptors (Lipinski definition) is 3. The Bertz CT molecular complexity index is 389. The minimum atomic E-state index is 0.00187. The SMILES string of the molecule is O=C(Nc1cccc(CO)c1)C1CCCCS1. The summed E-state index contributed by atoms with van der Waals surface area (Å²) in [6.45, 7) is 0.00187. The van der Waals surface area contributed by atoms with E-state index in [-0.39, 0.29) is 17.8 Å². The Morgan fingerprint density at radius 2 is 2.35 bits per heavy atom. The molecule has 2 rings (SSSR count). The van der Waals surface area contributed by atoms with E-state index in [1.165, 1.54) is 6.42 Å². The Kier molecular flexibility index (Phi) is 4.45. The average molecular weight is 251 g/mol. The van der Waals surface area contributed by atoms with Crippen LogP contribution in [0.5, 0.6) is 0 Å². The lowest BCUT2D eigenvalue weighted by atomic mass is 10.1. The van der Waals surface area contributed by atoms with Crippen LogP contribution in [0.2, 0.25) is 0 Å². The summed E-state index contributed by atoms with van der Waals surface area (Å²) in [6, 6.07) is 7.34. The first-order valence-electron chi connectivity index (χ1n) is 5.92. The molecule has 3 nitrogen and oxygen atoms in total. The lowest BCUT2D eigenvalue weighted by Gasteiger charge is -2.20. The van der Waals surface area contributed by atoms with Crippen molar-refractivity contribution in [1.29, 1.82) is 0 Å². The smallest absolute Gasteiger partial charge is 0.237 e. The molecule has 1 aliphatic heterocycles. The molecule has 1 amide bonds. The van der Waals surface area contributed by atoms with Crippen molar-refractivity contribution in [2.45, 2.75) is 31.1 Å². The van der Waals surface area contributed by atoms with Crippen molar-refractivity contribution < 1.29 is 9.90 Å². The second kappa shape index (κ2) is 6.07. The average Bonchev–Trinajstić information content (AvgIpc) is 2.40. The number of benzene rings is 1. The fourth-order valence-electron chi connectivity index (χ4n) is 1.92. The van der Waals surface area contributed by atoms with Crippen molar-refractivity contribution in [2.24, 2.45) is 0 Å². The number of amides is 1. The maximum Gasteiger partial charge on any atom is 0.237 e. The van der Waals surface area contributed by atoms with Gasteiger partial charge in [-0.3, -0.25) is 4.79 Å². The summed E-state index contributed by atoms with van der Waals surface area (Å²) in [5.41, 5.74) is 1.59. The van der Waals surface area contributed by atoms with E-state index < -0.39 is 0 Å². The number of aliphatic hydroxyl groups is 1. The molecular formula is C13H17NO2S. The molecule has 0 aromatic heterocycles. The molecule has 1 aromatic carbocycles. The molecule has 0 aliphatic carbocycles. The summed E-state index contributed by atoms with van der Waals surface area (Å²) >= 11 is 1.74. The zero-order chi connectivity index (χ0) is 12.1. The van der Waals surface area contributed by atoms with Crippen LogP contribution in [-0.4, -0.2) is 22.0 Å². The fourth-order valence-corrected chi connectivity index (χ4v) is 3.12. The van der Waals surface area contributed by atoms with Gasteiger partial charge >= 0.3 is 0 Å². The molecule has 17 heavy (non-hydrogen) atoms. The molecule has 2 N–H and O–H groups in total. The fraction of sp³-hybridized carbons (Fsp3) is 0.462. The van der Waals surface area contributed by atoms with Gasteiger partial charge < -0.3 is 10.4 Å². The van der Waals surface area contributed by atoms with Crippen LogP contribution in [-0.2, 0) is 11.4 Å². The number of carbonyl (C=O) groups excluding carboxylic acids is 1. The van der Waals surface area contributed by atoms with Gasteiger partial charge in [-0.15, -0.1) is 11.8 Å². The number of hydrogen-bond donors (Lipinski definition) is 2. The van der Waals surface area contributed by atoms with Crippen LogP contribution in [0.4, 0.5) is 5.69 Å². The Morgan fingerprint density at radius 1 is 1.47 bits per heavy atom. The molecule has 0 radical (unpaired) electrons. The topological polar surface area (TPSA) is 49.3 Å². The summed E-state index contributed by atoms with van der Waals surface area (Å²) < 4.78 is 0. The van der Waals surface area contributed by atoms with Gasteiger partial charge in [0, 0.05) is 5.69 Å². The van der Waals surface area contributed by atoms with E-state index in [0.717, 1.165) is 29.8 Å². The van der Waals surface area contributed by atoms with Gasteiger partial charge in [0.15, 0.2) is 0 Å². The number of thioether (sulfide) groups is 1. The lowest BCUT2D eigenvalue weighted by molar-refractivity contribution is -0.115. The highest BCUT2D eigenvalue weighted by Crippen LogP contribution is 2.26. The van der Waals surface area contributed by atoms with Crippen LogP contribution < -0.4 is 5.32 Å². The summed E-state index contributed by atoms with van der Waals surface area (Å²) in [5, 5.41) is 12.0. The van der Waals surface area contributed by atoms with Crippen LogP contribution >= 0.6 is 11.8 Å². The standard InChI is InChI=1S/C13H17NO2S/c15-9-10-4-3-5-11(8-10)14-13(16)12-6-1-2-7-17-12/h3-5,8,12,15H,1-2,6-7,9H2,(H,14,16). The number of anilines is 1. The monoisotopic (exact) mass is 251 g/mol. The molecule has 0 spiro atoms. The van der Waals surface area contributed by atoms with E-state index in [9.17, 15) is 4.79 Å². The maximum absolute atomic E-state index is 12.0. The van der Waals surface area contributed by atoms with Crippen LogP contribution in [0.1, 0.15) is 24.8 Å². The first kappa shape index (κ1) is 12.5. The van der Waals surface area contributed by atoms with Gasteiger partial charge in [0.05, 0.1) is 11.9 Å². The summed E-state index contributed by atoms with van der Waals surface area (Å²) in [5.74, 6) is 1.17. The second-order valence-corrected chi connectivity index (χ2v) is 5.51. The number of rotatable bonds is 3. The second-order valence-electron chi connectivity index (χ2n) is 4.20. The first-order chi connectivity index (χ1) is 8.29. The van der Waals surface area contributed by atoms with Crippen LogP contribution in [0.3, 0.4) is 0 Å². The maximum atomic E-state index is 12.0. The van der Waals surface area contributed by atoms with Crippen molar-refractivity contribution in [3.8, 4) is 0 Å². The Labute approximate surface area is 106 Å². The van der Waals surface area contributed by atoms with E-state index in [0.29, 0.717) is 0 Å².